The van der Waals surface area contributed by atoms with Gasteiger partial charge in [0.25, 0.3) is 0 Å². The standard InChI is InChI=1S/C19H26N2O2/c1-15(2)14-20-19(23)17-10-12-21(13-11-17)18(22)9-8-16-6-4-3-5-7-16/h3-9,15,17H,10-14H2,1-2H3,(H,20,23)/b9-8-. The van der Waals surface area contributed by atoms with E-state index in [2.05, 4.69) is 19.2 Å². The van der Waals surface area contributed by atoms with Crippen LogP contribution in [0.2, 0.25) is 0 Å². The lowest BCUT2D eigenvalue weighted by Crippen LogP contribution is -2.43. The summed E-state index contributed by atoms with van der Waals surface area (Å²) in [5.74, 6) is 0.653. The van der Waals surface area contributed by atoms with Gasteiger partial charge in [0.05, 0.1) is 0 Å². The number of piperidine rings is 1. The highest BCUT2D eigenvalue weighted by Gasteiger charge is 2.26. The first kappa shape index (κ1) is 17.3. The van der Waals surface area contributed by atoms with Crippen LogP contribution in [0.25, 0.3) is 6.08 Å². The van der Waals surface area contributed by atoms with E-state index in [1.165, 1.54) is 0 Å². The van der Waals surface area contributed by atoms with Crippen molar-refractivity contribution in [3.8, 4) is 0 Å². The highest BCUT2D eigenvalue weighted by atomic mass is 16.2. The Hall–Kier alpha value is -2.10. The van der Waals surface area contributed by atoms with Gasteiger partial charge in [-0.15, -0.1) is 0 Å². The summed E-state index contributed by atoms with van der Waals surface area (Å²) in [7, 11) is 0. The van der Waals surface area contributed by atoms with E-state index < -0.39 is 0 Å². The fourth-order valence-corrected chi connectivity index (χ4v) is 2.65. The molecule has 1 aromatic carbocycles. The van der Waals surface area contributed by atoms with Crippen molar-refractivity contribution in [3.05, 3.63) is 42.0 Å². The molecule has 1 saturated heterocycles. The number of nitrogens with zero attached hydrogens (tertiary/aromatic N) is 1. The van der Waals surface area contributed by atoms with Gasteiger partial charge in [-0.25, -0.2) is 0 Å². The summed E-state index contributed by atoms with van der Waals surface area (Å²) < 4.78 is 0. The minimum absolute atomic E-state index is 0.0230. The number of hydrogen-bond acceptors (Lipinski definition) is 2. The summed E-state index contributed by atoms with van der Waals surface area (Å²) in [6.45, 7) is 6.19. The molecule has 1 fully saturated rings. The summed E-state index contributed by atoms with van der Waals surface area (Å²) in [6.07, 6.45) is 4.95. The first-order valence-corrected chi connectivity index (χ1v) is 8.36. The van der Waals surface area contributed by atoms with Crippen LogP contribution in [0, 0.1) is 11.8 Å². The van der Waals surface area contributed by atoms with Gasteiger partial charge in [0.1, 0.15) is 0 Å². The molecule has 4 nitrogen and oxygen atoms in total. The van der Waals surface area contributed by atoms with Crippen molar-refractivity contribution < 1.29 is 9.59 Å². The Morgan fingerprint density at radius 3 is 2.48 bits per heavy atom. The van der Waals surface area contributed by atoms with Gasteiger partial charge in [0.15, 0.2) is 0 Å². The predicted molar refractivity (Wildman–Crippen MR) is 92.6 cm³/mol. The number of carbonyl (C=O) groups excluding carboxylic acids is 2. The van der Waals surface area contributed by atoms with E-state index >= 15 is 0 Å². The second kappa shape index (κ2) is 8.51. The van der Waals surface area contributed by atoms with E-state index in [9.17, 15) is 9.59 Å². The molecule has 0 radical (unpaired) electrons. The van der Waals surface area contributed by atoms with Crippen LogP contribution in [-0.2, 0) is 9.59 Å². The summed E-state index contributed by atoms with van der Waals surface area (Å²) in [4.78, 5) is 26.1. The third-order valence-electron chi connectivity index (χ3n) is 4.08. The Bertz CT molecular complexity index is 544. The van der Waals surface area contributed by atoms with Crippen molar-refractivity contribution in [1.29, 1.82) is 0 Å². The molecule has 4 heteroatoms. The lowest BCUT2D eigenvalue weighted by molar-refractivity contribution is -0.132. The minimum Gasteiger partial charge on any atom is -0.356 e. The van der Waals surface area contributed by atoms with Gasteiger partial charge in [-0.05, 0) is 30.4 Å². The lowest BCUT2D eigenvalue weighted by atomic mass is 9.95. The van der Waals surface area contributed by atoms with Crippen LogP contribution in [-0.4, -0.2) is 36.3 Å². The molecule has 1 aliphatic heterocycles. The van der Waals surface area contributed by atoms with Crippen LogP contribution in [0.4, 0.5) is 0 Å². The normalized spacial score (nSPS) is 16.0. The largest absolute Gasteiger partial charge is 0.356 e. The summed E-state index contributed by atoms with van der Waals surface area (Å²) in [5.41, 5.74) is 1.02. The molecule has 0 atom stereocenters. The van der Waals surface area contributed by atoms with E-state index in [0.717, 1.165) is 24.9 Å². The average molecular weight is 314 g/mol. The lowest BCUT2D eigenvalue weighted by Gasteiger charge is -2.30. The molecule has 23 heavy (non-hydrogen) atoms. The first-order valence-electron chi connectivity index (χ1n) is 8.36. The zero-order chi connectivity index (χ0) is 16.7. The Labute approximate surface area is 138 Å². The van der Waals surface area contributed by atoms with Gasteiger partial charge in [-0.2, -0.15) is 0 Å². The fourth-order valence-electron chi connectivity index (χ4n) is 2.65. The molecule has 2 amide bonds. The van der Waals surface area contributed by atoms with E-state index in [4.69, 9.17) is 0 Å². The molecule has 1 aliphatic rings. The number of likely N-dealkylation sites (tertiary alicyclic amines) is 1. The minimum atomic E-state index is 0.0230. The Morgan fingerprint density at radius 2 is 1.87 bits per heavy atom. The van der Waals surface area contributed by atoms with Gasteiger partial charge < -0.3 is 10.2 Å². The van der Waals surface area contributed by atoms with E-state index in [-0.39, 0.29) is 17.7 Å². The zero-order valence-corrected chi connectivity index (χ0v) is 14.0. The molecular weight excluding hydrogens is 288 g/mol. The second-order valence-electron chi connectivity index (χ2n) is 6.48. The topological polar surface area (TPSA) is 49.4 Å². The molecular formula is C19H26N2O2. The Kier molecular flexibility index (Phi) is 6.39. The maximum Gasteiger partial charge on any atom is 0.246 e. The van der Waals surface area contributed by atoms with Crippen molar-refractivity contribution in [3.63, 3.8) is 0 Å². The van der Waals surface area contributed by atoms with Crippen LogP contribution < -0.4 is 5.32 Å². The van der Waals surface area contributed by atoms with E-state index in [1.807, 2.05) is 41.3 Å². The third-order valence-corrected chi connectivity index (χ3v) is 4.08. The maximum absolute atomic E-state index is 12.2. The number of rotatable bonds is 5. The number of nitrogens with one attached hydrogen (secondary N) is 1. The molecule has 0 aliphatic carbocycles. The summed E-state index contributed by atoms with van der Waals surface area (Å²) in [6, 6.07) is 9.79. The van der Waals surface area contributed by atoms with Crippen LogP contribution in [0.15, 0.2) is 36.4 Å². The van der Waals surface area contributed by atoms with Crippen LogP contribution >= 0.6 is 0 Å². The maximum atomic E-state index is 12.2. The van der Waals surface area contributed by atoms with Crippen molar-refractivity contribution in [2.24, 2.45) is 11.8 Å². The smallest absolute Gasteiger partial charge is 0.246 e. The number of amides is 2. The number of carbonyl (C=O) groups is 2. The van der Waals surface area contributed by atoms with Gasteiger partial charge in [-0.3, -0.25) is 9.59 Å². The first-order chi connectivity index (χ1) is 11.1. The van der Waals surface area contributed by atoms with Crippen LogP contribution in [0.5, 0.6) is 0 Å². The molecule has 1 N–H and O–H groups in total. The van der Waals surface area contributed by atoms with Gasteiger partial charge in [0, 0.05) is 31.6 Å². The number of benzene rings is 1. The van der Waals surface area contributed by atoms with Crippen molar-refractivity contribution in [2.75, 3.05) is 19.6 Å². The molecule has 0 spiro atoms. The molecule has 0 aromatic heterocycles. The van der Waals surface area contributed by atoms with E-state index in [1.54, 1.807) is 6.08 Å². The Morgan fingerprint density at radius 1 is 1.22 bits per heavy atom. The van der Waals surface area contributed by atoms with Crippen molar-refractivity contribution in [1.82, 2.24) is 10.2 Å². The average Bonchev–Trinajstić information content (AvgIpc) is 2.58. The molecule has 0 saturated carbocycles. The van der Waals surface area contributed by atoms with Crippen molar-refractivity contribution >= 4 is 17.9 Å². The van der Waals surface area contributed by atoms with Crippen molar-refractivity contribution in [2.45, 2.75) is 26.7 Å². The van der Waals surface area contributed by atoms with Gasteiger partial charge in [0.2, 0.25) is 11.8 Å². The second-order valence-corrected chi connectivity index (χ2v) is 6.48. The van der Waals surface area contributed by atoms with Crippen LogP contribution in [0.1, 0.15) is 32.3 Å². The highest BCUT2D eigenvalue weighted by molar-refractivity contribution is 5.92. The molecule has 2 rings (SSSR count). The zero-order valence-electron chi connectivity index (χ0n) is 14.0. The molecule has 0 unspecified atom stereocenters. The molecule has 1 heterocycles. The molecule has 124 valence electrons. The van der Waals surface area contributed by atoms with Gasteiger partial charge >= 0.3 is 0 Å². The van der Waals surface area contributed by atoms with E-state index in [0.29, 0.717) is 19.0 Å². The number of hydrogen-bond donors (Lipinski definition) is 1. The SMILES string of the molecule is CC(C)CNC(=O)C1CCN(C(=O)/C=C\c2ccccc2)CC1. The molecule has 0 bridgehead atoms. The monoisotopic (exact) mass is 314 g/mol. The third kappa shape index (κ3) is 5.55. The predicted octanol–water partition coefficient (Wildman–Crippen LogP) is 2.71. The summed E-state index contributed by atoms with van der Waals surface area (Å²) in [5, 5.41) is 2.99. The highest BCUT2D eigenvalue weighted by Crippen LogP contribution is 2.18. The fraction of sp³-hybridized carbons (Fsp3) is 0.474. The summed E-state index contributed by atoms with van der Waals surface area (Å²) >= 11 is 0. The van der Waals surface area contributed by atoms with Gasteiger partial charge in [-0.1, -0.05) is 44.2 Å². The Balaban J connectivity index is 1.78. The quantitative estimate of drug-likeness (QED) is 0.850. The molecule has 1 aromatic rings. The van der Waals surface area contributed by atoms with Crippen LogP contribution in [0.3, 0.4) is 0 Å².